The van der Waals surface area contributed by atoms with Crippen LogP contribution in [-0.4, -0.2) is 35.6 Å². The molecule has 0 saturated carbocycles. The second kappa shape index (κ2) is 7.26. The number of hydrogen-bond acceptors (Lipinski definition) is 6. The monoisotopic (exact) mass is 429 g/mol. The van der Waals surface area contributed by atoms with Crippen molar-refractivity contribution in [2.75, 3.05) is 22.9 Å². The Kier molecular flexibility index (Phi) is 4.51. The predicted octanol–water partition coefficient (Wildman–Crippen LogP) is 4.35. The normalized spacial score (nSPS) is 15.5. The molecule has 0 radical (unpaired) electrons. The van der Waals surface area contributed by atoms with Gasteiger partial charge in [0.1, 0.15) is 5.69 Å². The Morgan fingerprint density at radius 2 is 1.62 bits per heavy atom. The second-order valence-electron chi connectivity index (χ2n) is 8.02. The minimum absolute atomic E-state index is 0.125. The molecule has 0 atom stereocenters. The molecule has 8 heteroatoms. The lowest BCUT2D eigenvalue weighted by Gasteiger charge is -2.29. The van der Waals surface area contributed by atoms with E-state index in [1.54, 1.807) is 30.3 Å². The van der Waals surface area contributed by atoms with Gasteiger partial charge < -0.3 is 4.90 Å². The summed E-state index contributed by atoms with van der Waals surface area (Å²) in [5.74, 6) is -1.25. The van der Waals surface area contributed by atoms with Crippen LogP contribution in [0.2, 0.25) is 0 Å². The minimum atomic E-state index is -0.620. The third kappa shape index (κ3) is 2.87. The molecule has 160 valence electrons. The molecule has 2 aliphatic rings. The molecule has 0 aliphatic carbocycles. The van der Waals surface area contributed by atoms with Crippen molar-refractivity contribution in [3.63, 3.8) is 0 Å². The van der Waals surface area contributed by atoms with E-state index in [2.05, 4.69) is 0 Å². The molecule has 32 heavy (non-hydrogen) atoms. The summed E-state index contributed by atoms with van der Waals surface area (Å²) in [5, 5.41) is 13.0. The van der Waals surface area contributed by atoms with Crippen LogP contribution >= 0.6 is 0 Å². The van der Waals surface area contributed by atoms with Crippen molar-refractivity contribution < 1.29 is 19.3 Å². The fourth-order valence-electron chi connectivity index (χ4n) is 4.63. The van der Waals surface area contributed by atoms with Crippen molar-refractivity contribution >= 4 is 45.4 Å². The van der Waals surface area contributed by atoms with Crippen molar-refractivity contribution in [3.8, 4) is 0 Å². The predicted molar refractivity (Wildman–Crippen MR) is 120 cm³/mol. The van der Waals surface area contributed by atoms with Crippen LogP contribution in [0.3, 0.4) is 0 Å². The number of rotatable bonds is 4. The first kappa shape index (κ1) is 19.9. The van der Waals surface area contributed by atoms with Crippen LogP contribution in [0.25, 0.3) is 10.8 Å². The van der Waals surface area contributed by atoms with Gasteiger partial charge in [0.2, 0.25) is 0 Å². The number of benzene rings is 3. The lowest BCUT2D eigenvalue weighted by molar-refractivity contribution is -0.384. The van der Waals surface area contributed by atoms with Gasteiger partial charge in [0, 0.05) is 41.1 Å². The van der Waals surface area contributed by atoms with Crippen LogP contribution in [0.5, 0.6) is 0 Å². The molecule has 3 aromatic carbocycles. The summed E-state index contributed by atoms with van der Waals surface area (Å²) in [5.41, 5.74) is 1.54. The molecule has 3 aromatic rings. The van der Waals surface area contributed by atoms with Crippen LogP contribution < -0.4 is 9.80 Å². The standard InChI is InChI=1S/C24H19N3O5/c1-14(28)15-7-9-16(10-8-15)26-23(29)18-6-4-5-17-21(18)19(24(26)30)13-20(27(31)32)22(17)25-11-2-3-12-25/h4-10,13H,2-3,11-12H2,1H3. The largest absolute Gasteiger partial charge is 0.365 e. The highest BCUT2D eigenvalue weighted by atomic mass is 16.6. The van der Waals surface area contributed by atoms with Crippen molar-refractivity contribution in [1.29, 1.82) is 0 Å². The van der Waals surface area contributed by atoms with Crippen LogP contribution in [0.1, 0.15) is 50.8 Å². The number of anilines is 2. The molecule has 2 amide bonds. The molecule has 0 bridgehead atoms. The van der Waals surface area contributed by atoms with Crippen LogP contribution in [-0.2, 0) is 0 Å². The van der Waals surface area contributed by atoms with E-state index in [9.17, 15) is 24.5 Å². The number of nitro groups is 1. The van der Waals surface area contributed by atoms with E-state index >= 15 is 0 Å². The molecule has 0 aromatic heterocycles. The van der Waals surface area contributed by atoms with E-state index in [0.717, 1.165) is 17.7 Å². The van der Waals surface area contributed by atoms with Crippen molar-refractivity contribution in [1.82, 2.24) is 0 Å². The van der Waals surface area contributed by atoms with Crippen molar-refractivity contribution in [3.05, 3.63) is 75.3 Å². The maximum Gasteiger partial charge on any atom is 0.293 e. The highest BCUT2D eigenvalue weighted by Crippen LogP contribution is 2.43. The molecular weight excluding hydrogens is 410 g/mol. The molecule has 0 N–H and O–H groups in total. The second-order valence-corrected chi connectivity index (χ2v) is 8.02. The molecule has 2 aliphatic heterocycles. The molecular formula is C24H19N3O5. The Balaban J connectivity index is 1.73. The number of Topliss-reactive ketones (excluding diaryl/α,β-unsaturated/α-hetero) is 1. The molecule has 1 fully saturated rings. The van der Waals surface area contributed by atoms with Crippen LogP contribution in [0.15, 0.2) is 48.5 Å². The van der Waals surface area contributed by atoms with Gasteiger partial charge in [0.15, 0.2) is 5.78 Å². The number of ketones is 1. The zero-order valence-electron chi connectivity index (χ0n) is 17.3. The third-order valence-corrected chi connectivity index (χ3v) is 6.13. The number of imide groups is 1. The van der Waals surface area contributed by atoms with Gasteiger partial charge >= 0.3 is 0 Å². The lowest BCUT2D eigenvalue weighted by atomic mass is 9.91. The average molecular weight is 429 g/mol. The van der Waals surface area contributed by atoms with E-state index in [0.29, 0.717) is 46.4 Å². The fourth-order valence-corrected chi connectivity index (χ4v) is 4.63. The molecule has 1 saturated heterocycles. The smallest absolute Gasteiger partial charge is 0.293 e. The van der Waals surface area contributed by atoms with E-state index < -0.39 is 16.7 Å². The fraction of sp³-hybridized carbons (Fsp3) is 0.208. The first-order valence-corrected chi connectivity index (χ1v) is 10.4. The third-order valence-electron chi connectivity index (χ3n) is 6.13. The summed E-state index contributed by atoms with van der Waals surface area (Å²) in [4.78, 5) is 52.9. The number of hydrogen-bond donors (Lipinski definition) is 0. The van der Waals surface area contributed by atoms with Crippen molar-refractivity contribution in [2.45, 2.75) is 19.8 Å². The minimum Gasteiger partial charge on any atom is -0.365 e. The zero-order valence-corrected chi connectivity index (χ0v) is 17.3. The molecule has 5 rings (SSSR count). The summed E-state index contributed by atoms with van der Waals surface area (Å²) < 4.78 is 0. The number of nitro benzene ring substituents is 1. The van der Waals surface area contributed by atoms with Gasteiger partial charge in [-0.25, -0.2) is 4.90 Å². The summed E-state index contributed by atoms with van der Waals surface area (Å²) in [7, 11) is 0. The SMILES string of the molecule is CC(=O)c1ccc(N2C(=O)c3cccc4c(N5CCCC5)c([N+](=O)[O-])cc(c34)C2=O)cc1. The molecule has 2 heterocycles. The summed E-state index contributed by atoms with van der Waals surface area (Å²) in [6.45, 7) is 2.81. The summed E-state index contributed by atoms with van der Waals surface area (Å²) in [6, 6.07) is 12.5. The first-order valence-electron chi connectivity index (χ1n) is 10.4. The number of nitrogens with zero attached hydrogens (tertiary/aromatic N) is 3. The van der Waals surface area contributed by atoms with E-state index in [4.69, 9.17) is 0 Å². The Hall–Kier alpha value is -4.07. The van der Waals surface area contributed by atoms with Crippen molar-refractivity contribution in [2.24, 2.45) is 0 Å². The maximum atomic E-state index is 13.4. The number of carbonyl (C=O) groups is 3. The number of carbonyl (C=O) groups excluding carboxylic acids is 3. The topological polar surface area (TPSA) is 101 Å². The molecule has 0 unspecified atom stereocenters. The summed E-state index contributed by atoms with van der Waals surface area (Å²) in [6.07, 6.45) is 1.87. The van der Waals surface area contributed by atoms with Gasteiger partial charge in [-0.2, -0.15) is 0 Å². The van der Waals surface area contributed by atoms with Gasteiger partial charge in [0.25, 0.3) is 17.5 Å². The summed E-state index contributed by atoms with van der Waals surface area (Å²) >= 11 is 0. The molecule has 8 nitrogen and oxygen atoms in total. The van der Waals surface area contributed by atoms with Crippen LogP contribution in [0, 0.1) is 10.1 Å². The quantitative estimate of drug-likeness (QED) is 0.264. The highest BCUT2D eigenvalue weighted by Gasteiger charge is 2.38. The first-order chi connectivity index (χ1) is 15.4. The van der Waals surface area contributed by atoms with Crippen LogP contribution in [0.4, 0.5) is 17.1 Å². The maximum absolute atomic E-state index is 13.4. The Morgan fingerprint density at radius 1 is 0.969 bits per heavy atom. The van der Waals surface area contributed by atoms with E-state index in [1.807, 2.05) is 4.90 Å². The van der Waals surface area contributed by atoms with Gasteiger partial charge in [-0.05, 0) is 50.1 Å². The zero-order chi connectivity index (χ0) is 22.6. The van der Waals surface area contributed by atoms with E-state index in [1.165, 1.54) is 25.1 Å². The van der Waals surface area contributed by atoms with Gasteiger partial charge in [0.05, 0.1) is 16.2 Å². The Labute approximate surface area is 183 Å². The highest BCUT2D eigenvalue weighted by molar-refractivity contribution is 6.37. The van der Waals surface area contributed by atoms with Gasteiger partial charge in [-0.15, -0.1) is 0 Å². The van der Waals surface area contributed by atoms with Gasteiger partial charge in [-0.3, -0.25) is 24.5 Å². The van der Waals surface area contributed by atoms with E-state index in [-0.39, 0.29) is 17.0 Å². The number of amides is 2. The Morgan fingerprint density at radius 3 is 2.25 bits per heavy atom. The molecule has 0 spiro atoms. The average Bonchev–Trinajstić information content (AvgIpc) is 3.31. The van der Waals surface area contributed by atoms with Gasteiger partial charge in [-0.1, -0.05) is 12.1 Å². The Bertz CT molecular complexity index is 1320. The lowest BCUT2D eigenvalue weighted by Crippen LogP contribution is -2.40.